The molecule has 1 aromatic heterocycles. The molecule has 0 saturated carbocycles. The number of aliphatic hydroxyl groups excluding tert-OH is 1. The van der Waals surface area contributed by atoms with E-state index in [-0.39, 0.29) is 0 Å². The maximum Gasteiger partial charge on any atom is 0.119 e. The third kappa shape index (κ3) is 3.58. The van der Waals surface area contributed by atoms with E-state index >= 15 is 0 Å². The molecule has 1 aromatic carbocycles. The van der Waals surface area contributed by atoms with Crippen molar-refractivity contribution in [2.75, 3.05) is 6.61 Å². The van der Waals surface area contributed by atoms with E-state index in [1.54, 1.807) is 11.3 Å². The molecule has 0 spiro atoms. The van der Waals surface area contributed by atoms with Crippen molar-refractivity contribution in [2.45, 2.75) is 19.4 Å². The Labute approximate surface area is 105 Å². The first kappa shape index (κ1) is 12.1. The van der Waals surface area contributed by atoms with Gasteiger partial charge in [0, 0.05) is 11.3 Å². The van der Waals surface area contributed by atoms with Crippen LogP contribution in [-0.4, -0.2) is 11.7 Å². The van der Waals surface area contributed by atoms with Crippen molar-refractivity contribution in [3.8, 4) is 5.75 Å². The van der Waals surface area contributed by atoms with Gasteiger partial charge in [0.25, 0.3) is 0 Å². The molecule has 2 nitrogen and oxygen atoms in total. The zero-order valence-electron chi connectivity index (χ0n) is 9.80. The SMILES string of the molecule is Cc1cc(C(O)CCOc2ccccc2)cs1. The molecule has 0 aliphatic carbocycles. The summed E-state index contributed by atoms with van der Waals surface area (Å²) in [6.45, 7) is 2.57. The minimum atomic E-state index is -0.427. The highest BCUT2D eigenvalue weighted by Gasteiger charge is 2.09. The van der Waals surface area contributed by atoms with Crippen LogP contribution >= 0.6 is 11.3 Å². The van der Waals surface area contributed by atoms with Crippen LogP contribution in [0, 0.1) is 6.92 Å². The first-order valence-corrected chi connectivity index (χ1v) is 6.54. The summed E-state index contributed by atoms with van der Waals surface area (Å²) in [5.74, 6) is 0.848. The van der Waals surface area contributed by atoms with Gasteiger partial charge < -0.3 is 9.84 Å². The Hall–Kier alpha value is -1.32. The van der Waals surface area contributed by atoms with Gasteiger partial charge in [0.15, 0.2) is 0 Å². The maximum atomic E-state index is 9.94. The summed E-state index contributed by atoms with van der Waals surface area (Å²) >= 11 is 1.66. The van der Waals surface area contributed by atoms with E-state index in [1.165, 1.54) is 4.88 Å². The highest BCUT2D eigenvalue weighted by atomic mass is 32.1. The quantitative estimate of drug-likeness (QED) is 0.876. The second-order valence-corrected chi connectivity index (χ2v) is 5.07. The Balaban J connectivity index is 1.79. The van der Waals surface area contributed by atoms with Crippen molar-refractivity contribution < 1.29 is 9.84 Å². The molecule has 0 fully saturated rings. The zero-order chi connectivity index (χ0) is 12.1. The van der Waals surface area contributed by atoms with Crippen LogP contribution in [-0.2, 0) is 0 Å². The van der Waals surface area contributed by atoms with Crippen LogP contribution in [0.3, 0.4) is 0 Å². The lowest BCUT2D eigenvalue weighted by molar-refractivity contribution is 0.141. The summed E-state index contributed by atoms with van der Waals surface area (Å²) in [5, 5.41) is 11.9. The number of ether oxygens (including phenoxy) is 1. The van der Waals surface area contributed by atoms with Crippen LogP contribution in [0.5, 0.6) is 5.75 Å². The highest BCUT2D eigenvalue weighted by Crippen LogP contribution is 2.22. The molecular weight excluding hydrogens is 232 g/mol. The third-order valence-corrected chi connectivity index (χ3v) is 3.42. The zero-order valence-corrected chi connectivity index (χ0v) is 10.6. The van der Waals surface area contributed by atoms with E-state index in [4.69, 9.17) is 4.74 Å². The fourth-order valence-corrected chi connectivity index (χ4v) is 2.36. The first-order chi connectivity index (χ1) is 8.25. The average Bonchev–Trinajstić information content (AvgIpc) is 2.77. The Bertz CT molecular complexity index is 450. The van der Waals surface area contributed by atoms with Gasteiger partial charge in [-0.2, -0.15) is 0 Å². The molecule has 2 rings (SSSR count). The number of hydrogen-bond donors (Lipinski definition) is 1. The number of para-hydroxylation sites is 1. The van der Waals surface area contributed by atoms with Crippen LogP contribution in [0.4, 0.5) is 0 Å². The van der Waals surface area contributed by atoms with E-state index in [2.05, 4.69) is 0 Å². The second-order valence-electron chi connectivity index (χ2n) is 3.96. The number of aliphatic hydroxyl groups is 1. The van der Waals surface area contributed by atoms with Gasteiger partial charge in [0.1, 0.15) is 5.75 Å². The van der Waals surface area contributed by atoms with Crippen LogP contribution in [0.1, 0.15) is 23.0 Å². The number of thiophene rings is 1. The first-order valence-electron chi connectivity index (χ1n) is 5.66. The van der Waals surface area contributed by atoms with Crippen molar-refractivity contribution >= 4 is 11.3 Å². The van der Waals surface area contributed by atoms with Crippen LogP contribution < -0.4 is 4.74 Å². The van der Waals surface area contributed by atoms with Gasteiger partial charge in [-0.15, -0.1) is 11.3 Å². The van der Waals surface area contributed by atoms with Gasteiger partial charge >= 0.3 is 0 Å². The van der Waals surface area contributed by atoms with Crippen molar-refractivity contribution in [2.24, 2.45) is 0 Å². The molecule has 17 heavy (non-hydrogen) atoms. The normalized spacial score (nSPS) is 12.4. The smallest absolute Gasteiger partial charge is 0.119 e. The molecule has 0 radical (unpaired) electrons. The standard InChI is InChI=1S/C14H16O2S/c1-11-9-12(10-17-11)14(15)7-8-16-13-5-3-2-4-6-13/h2-6,9-10,14-15H,7-8H2,1H3. The Kier molecular flexibility index (Phi) is 4.18. The van der Waals surface area contributed by atoms with Crippen molar-refractivity contribution in [3.05, 3.63) is 52.2 Å². The lowest BCUT2D eigenvalue weighted by atomic mass is 10.1. The fourth-order valence-electron chi connectivity index (χ4n) is 1.61. The lowest BCUT2D eigenvalue weighted by Crippen LogP contribution is -2.04. The molecule has 1 heterocycles. The van der Waals surface area contributed by atoms with Gasteiger partial charge in [0.05, 0.1) is 12.7 Å². The molecule has 3 heteroatoms. The number of hydrogen-bond acceptors (Lipinski definition) is 3. The Morgan fingerprint density at radius 1 is 1.29 bits per heavy atom. The molecule has 0 saturated heterocycles. The molecule has 1 atom stereocenters. The predicted molar refractivity (Wildman–Crippen MR) is 70.6 cm³/mol. The molecule has 0 aliphatic heterocycles. The topological polar surface area (TPSA) is 29.5 Å². The van der Waals surface area contributed by atoms with E-state index in [9.17, 15) is 5.11 Å². The van der Waals surface area contributed by atoms with Crippen LogP contribution in [0.15, 0.2) is 41.8 Å². The monoisotopic (exact) mass is 248 g/mol. The molecule has 0 bridgehead atoms. The summed E-state index contributed by atoms with van der Waals surface area (Å²) in [6, 6.07) is 11.7. The molecule has 0 amide bonds. The van der Waals surface area contributed by atoms with Gasteiger partial charge in [-0.3, -0.25) is 0 Å². The molecule has 90 valence electrons. The minimum absolute atomic E-state index is 0.427. The summed E-state index contributed by atoms with van der Waals surface area (Å²) < 4.78 is 5.55. The van der Waals surface area contributed by atoms with E-state index in [0.29, 0.717) is 13.0 Å². The Morgan fingerprint density at radius 3 is 2.71 bits per heavy atom. The number of aryl methyl sites for hydroxylation is 1. The number of benzene rings is 1. The molecule has 0 aliphatic rings. The molecular formula is C14H16O2S. The number of rotatable bonds is 5. The van der Waals surface area contributed by atoms with Crippen LogP contribution in [0.25, 0.3) is 0 Å². The Morgan fingerprint density at radius 2 is 2.06 bits per heavy atom. The van der Waals surface area contributed by atoms with E-state index in [1.807, 2.05) is 48.7 Å². The van der Waals surface area contributed by atoms with Crippen molar-refractivity contribution in [1.82, 2.24) is 0 Å². The van der Waals surface area contributed by atoms with Crippen molar-refractivity contribution in [1.29, 1.82) is 0 Å². The molecule has 1 N–H and O–H groups in total. The highest BCUT2D eigenvalue weighted by molar-refractivity contribution is 7.10. The van der Waals surface area contributed by atoms with E-state index < -0.39 is 6.10 Å². The van der Waals surface area contributed by atoms with Gasteiger partial charge in [-0.05, 0) is 36.1 Å². The van der Waals surface area contributed by atoms with Crippen molar-refractivity contribution in [3.63, 3.8) is 0 Å². The van der Waals surface area contributed by atoms with E-state index in [0.717, 1.165) is 11.3 Å². The second kappa shape index (κ2) is 5.84. The molecule has 1 unspecified atom stereocenters. The van der Waals surface area contributed by atoms with Gasteiger partial charge in [-0.25, -0.2) is 0 Å². The third-order valence-electron chi connectivity index (χ3n) is 2.54. The summed E-state index contributed by atoms with van der Waals surface area (Å²) in [4.78, 5) is 1.23. The van der Waals surface area contributed by atoms with Crippen LogP contribution in [0.2, 0.25) is 0 Å². The summed E-state index contributed by atoms with van der Waals surface area (Å²) in [5.41, 5.74) is 0.990. The lowest BCUT2D eigenvalue weighted by Gasteiger charge is -2.10. The summed E-state index contributed by atoms with van der Waals surface area (Å²) in [6.07, 6.45) is 0.189. The van der Waals surface area contributed by atoms with Gasteiger partial charge in [-0.1, -0.05) is 18.2 Å². The maximum absolute atomic E-state index is 9.94. The van der Waals surface area contributed by atoms with Gasteiger partial charge in [0.2, 0.25) is 0 Å². The minimum Gasteiger partial charge on any atom is -0.493 e. The fraction of sp³-hybridized carbons (Fsp3) is 0.286. The molecule has 2 aromatic rings. The largest absolute Gasteiger partial charge is 0.493 e. The summed E-state index contributed by atoms with van der Waals surface area (Å²) in [7, 11) is 0. The average molecular weight is 248 g/mol. The predicted octanol–water partition coefficient (Wildman–Crippen LogP) is 3.56.